The summed E-state index contributed by atoms with van der Waals surface area (Å²) in [5, 5.41) is 3.58. The van der Waals surface area contributed by atoms with Crippen molar-refractivity contribution in [1.82, 2.24) is 10.2 Å². The van der Waals surface area contributed by atoms with Gasteiger partial charge in [0.2, 0.25) is 11.8 Å². The first-order valence-electron chi connectivity index (χ1n) is 12.7. The molecule has 1 spiro atoms. The van der Waals surface area contributed by atoms with E-state index in [1.165, 1.54) is 4.90 Å². The van der Waals surface area contributed by atoms with Crippen LogP contribution in [-0.4, -0.2) is 35.2 Å². The molecule has 0 radical (unpaired) electrons. The summed E-state index contributed by atoms with van der Waals surface area (Å²) in [7, 11) is 0. The quantitative estimate of drug-likeness (QED) is 0.421. The highest BCUT2D eigenvalue weighted by Crippen LogP contribution is 2.55. The fourth-order valence-corrected chi connectivity index (χ4v) is 6.40. The van der Waals surface area contributed by atoms with Gasteiger partial charge in [-0.25, -0.2) is 0 Å². The highest BCUT2D eigenvalue weighted by molar-refractivity contribution is 6.16. The lowest BCUT2D eigenvalue weighted by atomic mass is 9.76. The average Bonchev–Trinajstić information content (AvgIpc) is 3.45. The Morgan fingerprint density at radius 2 is 1.46 bits per heavy atom. The maximum atomic E-state index is 14.3. The lowest BCUT2D eigenvalue weighted by Gasteiger charge is -2.31. The molecule has 3 aliphatic heterocycles. The molecule has 6 nitrogen and oxygen atoms in total. The predicted molar refractivity (Wildman–Crippen MR) is 141 cm³/mol. The summed E-state index contributed by atoms with van der Waals surface area (Å²) in [5.74, 6) is -2.15. The van der Waals surface area contributed by atoms with Gasteiger partial charge < -0.3 is 4.90 Å². The van der Waals surface area contributed by atoms with Crippen LogP contribution in [0.2, 0.25) is 0 Å². The highest BCUT2D eigenvalue weighted by Gasteiger charge is 2.71. The van der Waals surface area contributed by atoms with E-state index < -0.39 is 17.4 Å². The van der Waals surface area contributed by atoms with Gasteiger partial charge in [-0.2, -0.15) is 0 Å². The maximum absolute atomic E-state index is 14.3. The largest absolute Gasteiger partial charge is 0.306 e. The Balaban J connectivity index is 1.47. The van der Waals surface area contributed by atoms with Gasteiger partial charge in [-0.1, -0.05) is 91.0 Å². The second-order valence-corrected chi connectivity index (χ2v) is 10.4. The average molecular weight is 492 g/mol. The van der Waals surface area contributed by atoms with Crippen molar-refractivity contribution in [2.45, 2.75) is 31.5 Å². The summed E-state index contributed by atoms with van der Waals surface area (Å²) in [5.41, 5.74) is 3.00. The first kappa shape index (κ1) is 23.4. The van der Waals surface area contributed by atoms with Crippen molar-refractivity contribution < 1.29 is 14.4 Å². The molecular formula is C31H29N3O3. The fraction of sp³-hybridized carbons (Fsp3) is 0.258. The van der Waals surface area contributed by atoms with Crippen LogP contribution in [0, 0.1) is 11.8 Å². The number of para-hydroxylation sites is 1. The molecule has 2 fully saturated rings. The van der Waals surface area contributed by atoms with Crippen LogP contribution >= 0.6 is 0 Å². The normalized spacial score (nSPS) is 26.2. The van der Waals surface area contributed by atoms with Crippen molar-refractivity contribution >= 4 is 23.4 Å². The number of fused-ring (bicyclic) bond motifs is 4. The molecule has 1 N–H and O–H groups in total. The van der Waals surface area contributed by atoms with E-state index >= 15 is 0 Å². The molecule has 4 atom stereocenters. The highest BCUT2D eigenvalue weighted by atomic mass is 16.2. The van der Waals surface area contributed by atoms with Crippen LogP contribution in [0.4, 0.5) is 5.69 Å². The molecule has 0 saturated carbocycles. The Hall–Kier alpha value is -4.03. The van der Waals surface area contributed by atoms with Crippen LogP contribution in [-0.2, 0) is 32.9 Å². The van der Waals surface area contributed by atoms with Gasteiger partial charge in [0.15, 0.2) is 0 Å². The van der Waals surface area contributed by atoms with E-state index in [4.69, 9.17) is 0 Å². The summed E-state index contributed by atoms with van der Waals surface area (Å²) >= 11 is 0. The van der Waals surface area contributed by atoms with E-state index in [2.05, 4.69) is 11.9 Å². The summed E-state index contributed by atoms with van der Waals surface area (Å²) in [4.78, 5) is 45.5. The van der Waals surface area contributed by atoms with Crippen molar-refractivity contribution in [2.75, 3.05) is 11.4 Å². The number of likely N-dealkylation sites (tertiary alicyclic amines) is 1. The molecule has 6 heteroatoms. The van der Waals surface area contributed by atoms with E-state index in [1.54, 1.807) is 4.90 Å². The van der Waals surface area contributed by atoms with Crippen molar-refractivity contribution in [2.24, 2.45) is 11.8 Å². The number of benzene rings is 3. The van der Waals surface area contributed by atoms with Gasteiger partial charge in [0.1, 0.15) is 5.54 Å². The van der Waals surface area contributed by atoms with Crippen molar-refractivity contribution in [3.8, 4) is 0 Å². The number of carbonyl (C=O) groups is 3. The molecule has 2 saturated heterocycles. The minimum absolute atomic E-state index is 0.190. The predicted octanol–water partition coefficient (Wildman–Crippen LogP) is 3.82. The van der Waals surface area contributed by atoms with Gasteiger partial charge >= 0.3 is 0 Å². The standard InChI is InChI=1S/C31H29N3O3/c1-20(2)18-33-25-16-10-9-15-23(25)31(30(33)37)27-26(24(32-31)17-21-11-5-3-6-12-21)28(35)34(29(27)36)19-22-13-7-4-8-14-22/h3-16,24,26-27,32H,1,17-19H2,2H3/t24-,26-,27+,31+/m1/s1. The lowest BCUT2D eigenvalue weighted by Crippen LogP contribution is -2.55. The van der Waals surface area contributed by atoms with Gasteiger partial charge in [-0.3, -0.25) is 24.6 Å². The number of anilines is 1. The van der Waals surface area contributed by atoms with Gasteiger partial charge in [0.25, 0.3) is 5.91 Å². The third kappa shape index (κ3) is 3.55. The van der Waals surface area contributed by atoms with Crippen molar-refractivity contribution in [3.05, 3.63) is 114 Å². The minimum atomic E-state index is -1.30. The number of carbonyl (C=O) groups excluding carboxylic acids is 3. The van der Waals surface area contributed by atoms with E-state index in [0.29, 0.717) is 13.0 Å². The second-order valence-electron chi connectivity index (χ2n) is 10.4. The number of hydrogen-bond donors (Lipinski definition) is 1. The molecule has 0 bridgehead atoms. The number of imide groups is 1. The van der Waals surface area contributed by atoms with Gasteiger partial charge in [-0.05, 0) is 30.5 Å². The zero-order chi connectivity index (χ0) is 25.7. The molecule has 0 unspecified atom stereocenters. The van der Waals surface area contributed by atoms with E-state index in [9.17, 15) is 14.4 Å². The zero-order valence-electron chi connectivity index (χ0n) is 20.8. The maximum Gasteiger partial charge on any atom is 0.253 e. The first-order valence-corrected chi connectivity index (χ1v) is 12.7. The van der Waals surface area contributed by atoms with Gasteiger partial charge in [-0.15, -0.1) is 0 Å². The topological polar surface area (TPSA) is 69.7 Å². The summed E-state index contributed by atoms with van der Waals surface area (Å²) in [6.07, 6.45) is 0.540. The van der Waals surface area contributed by atoms with Gasteiger partial charge in [0.05, 0.1) is 18.4 Å². The fourth-order valence-electron chi connectivity index (χ4n) is 6.40. The second kappa shape index (κ2) is 8.82. The SMILES string of the molecule is C=C(C)CN1C(=O)[C@]2(N[C@H](Cc3ccccc3)[C@H]3C(=O)N(Cc4ccccc4)C(=O)[C@H]32)c2ccccc21. The Morgan fingerprint density at radius 3 is 2.14 bits per heavy atom. The Bertz CT molecular complexity index is 1400. The molecule has 0 aliphatic carbocycles. The van der Waals surface area contributed by atoms with Gasteiger partial charge in [0, 0.05) is 23.8 Å². The molecule has 186 valence electrons. The summed E-state index contributed by atoms with van der Waals surface area (Å²) < 4.78 is 0. The number of nitrogens with one attached hydrogen (secondary N) is 1. The Labute approximate surface area is 216 Å². The molecule has 3 aromatic rings. The number of hydrogen-bond acceptors (Lipinski definition) is 4. The van der Waals surface area contributed by atoms with E-state index in [-0.39, 0.29) is 30.3 Å². The van der Waals surface area contributed by atoms with Crippen molar-refractivity contribution in [1.29, 1.82) is 0 Å². The van der Waals surface area contributed by atoms with Crippen LogP contribution in [0.1, 0.15) is 23.6 Å². The number of rotatable bonds is 6. The molecule has 6 rings (SSSR count). The molecular weight excluding hydrogens is 462 g/mol. The van der Waals surface area contributed by atoms with Crippen LogP contribution < -0.4 is 10.2 Å². The molecule has 3 aliphatic rings. The van der Waals surface area contributed by atoms with Crippen LogP contribution in [0.3, 0.4) is 0 Å². The molecule has 0 aromatic heterocycles. The summed E-state index contributed by atoms with van der Waals surface area (Å²) in [6, 6.07) is 26.7. The minimum Gasteiger partial charge on any atom is -0.306 e. The number of amides is 3. The molecule has 3 amide bonds. The smallest absolute Gasteiger partial charge is 0.253 e. The third-order valence-electron chi connectivity index (χ3n) is 7.87. The molecule has 3 heterocycles. The summed E-state index contributed by atoms with van der Waals surface area (Å²) in [6.45, 7) is 6.46. The molecule has 37 heavy (non-hydrogen) atoms. The van der Waals surface area contributed by atoms with Crippen LogP contribution in [0.5, 0.6) is 0 Å². The van der Waals surface area contributed by atoms with E-state index in [1.807, 2.05) is 91.9 Å². The van der Waals surface area contributed by atoms with Crippen LogP contribution in [0.25, 0.3) is 0 Å². The Morgan fingerprint density at radius 1 is 0.838 bits per heavy atom. The van der Waals surface area contributed by atoms with Crippen LogP contribution in [0.15, 0.2) is 97.1 Å². The van der Waals surface area contributed by atoms with Crippen molar-refractivity contribution in [3.63, 3.8) is 0 Å². The zero-order valence-corrected chi connectivity index (χ0v) is 20.8. The Kier molecular flexibility index (Phi) is 5.57. The first-order chi connectivity index (χ1) is 17.9. The monoisotopic (exact) mass is 491 g/mol. The number of nitrogens with zero attached hydrogens (tertiary/aromatic N) is 2. The van der Waals surface area contributed by atoms with E-state index in [0.717, 1.165) is 28.0 Å². The lowest BCUT2D eigenvalue weighted by molar-refractivity contribution is -0.143. The third-order valence-corrected chi connectivity index (χ3v) is 7.87. The molecule has 3 aromatic carbocycles.